The minimum atomic E-state index is -0.367. The van der Waals surface area contributed by atoms with Crippen LogP contribution in [0.5, 0.6) is 0 Å². The predicted molar refractivity (Wildman–Crippen MR) is 77.6 cm³/mol. The van der Waals surface area contributed by atoms with Gasteiger partial charge in [-0.15, -0.1) is 0 Å². The van der Waals surface area contributed by atoms with Crippen LogP contribution in [0.1, 0.15) is 40.0 Å². The third-order valence-corrected chi connectivity index (χ3v) is 5.39. The van der Waals surface area contributed by atoms with Gasteiger partial charge in [0.15, 0.2) is 5.78 Å². The fraction of sp³-hybridized carbons (Fsp3) is 0.647. The molecule has 0 bridgehead atoms. The summed E-state index contributed by atoms with van der Waals surface area (Å²) in [6, 6.07) is 0. The quantitative estimate of drug-likeness (QED) is 0.579. The van der Waals surface area contributed by atoms with E-state index in [0.717, 1.165) is 24.0 Å². The Morgan fingerprint density at radius 1 is 1.43 bits per heavy atom. The molecule has 0 spiro atoms. The Morgan fingerprint density at radius 3 is 2.81 bits per heavy atom. The molecule has 3 rings (SSSR count). The average Bonchev–Trinajstić information content (AvgIpc) is 2.83. The van der Waals surface area contributed by atoms with Gasteiger partial charge < -0.3 is 9.47 Å². The van der Waals surface area contributed by atoms with Gasteiger partial charge in [-0.25, -0.2) is 4.79 Å². The first kappa shape index (κ1) is 14.5. The van der Waals surface area contributed by atoms with Crippen molar-refractivity contribution in [2.75, 3.05) is 6.61 Å². The smallest absolute Gasteiger partial charge is 0.334 e. The van der Waals surface area contributed by atoms with Crippen LogP contribution in [-0.2, 0) is 19.1 Å². The maximum absolute atomic E-state index is 12.2. The largest absolute Gasteiger partial charge is 0.454 e. The Labute approximate surface area is 125 Å². The number of carbonyl (C=O) groups is 2. The van der Waals surface area contributed by atoms with Gasteiger partial charge in [-0.2, -0.15) is 0 Å². The number of ether oxygens (including phenoxy) is 2. The van der Waals surface area contributed by atoms with Gasteiger partial charge in [0, 0.05) is 30.4 Å². The molecule has 3 aliphatic rings. The summed E-state index contributed by atoms with van der Waals surface area (Å²) in [5.74, 6) is -0.171. The second kappa shape index (κ2) is 4.80. The lowest BCUT2D eigenvalue weighted by Crippen LogP contribution is -2.38. The summed E-state index contributed by atoms with van der Waals surface area (Å²) in [7, 11) is 0. The van der Waals surface area contributed by atoms with Crippen LogP contribution >= 0.6 is 0 Å². The van der Waals surface area contributed by atoms with Crippen LogP contribution in [0.4, 0.5) is 0 Å². The van der Waals surface area contributed by atoms with Crippen molar-refractivity contribution in [2.45, 2.75) is 51.7 Å². The van der Waals surface area contributed by atoms with E-state index in [-0.39, 0.29) is 35.3 Å². The number of rotatable bonds is 2. The van der Waals surface area contributed by atoms with Crippen LogP contribution < -0.4 is 0 Å². The molecule has 1 aliphatic heterocycles. The Kier molecular flexibility index (Phi) is 3.32. The fourth-order valence-corrected chi connectivity index (χ4v) is 4.16. The summed E-state index contributed by atoms with van der Waals surface area (Å²) < 4.78 is 11.6. The zero-order valence-electron chi connectivity index (χ0n) is 12.9. The third kappa shape index (κ3) is 2.00. The SMILES string of the molecule is C=C1C(=O)O[C@@H]2C3=C(C)C(=O)CC3[C@](C)(OCC)CC[C@@H]12. The molecular weight excluding hydrogens is 268 g/mol. The van der Waals surface area contributed by atoms with Crippen LogP contribution in [-0.4, -0.2) is 30.1 Å². The van der Waals surface area contributed by atoms with Gasteiger partial charge in [-0.1, -0.05) is 6.58 Å². The van der Waals surface area contributed by atoms with Crippen LogP contribution in [0.3, 0.4) is 0 Å². The van der Waals surface area contributed by atoms with E-state index in [1.165, 1.54) is 0 Å². The maximum atomic E-state index is 12.2. The topological polar surface area (TPSA) is 52.6 Å². The van der Waals surface area contributed by atoms with Crippen molar-refractivity contribution in [1.82, 2.24) is 0 Å². The summed E-state index contributed by atoms with van der Waals surface area (Å²) in [4.78, 5) is 24.1. The molecular formula is C17H22O4. The molecule has 0 aromatic rings. The van der Waals surface area contributed by atoms with E-state index in [9.17, 15) is 9.59 Å². The molecule has 0 aromatic carbocycles. The standard InChI is InChI=1S/C17H22O4/c1-5-20-17(4)7-6-11-9(2)16(19)21-15(11)14-10(3)13(18)8-12(14)17/h11-12,15H,2,5-8H2,1,3-4H3/t11-,12?,15-,17+/m0/s1. The number of allylic oxidation sites excluding steroid dienone is 1. The van der Waals surface area contributed by atoms with Gasteiger partial charge in [-0.3, -0.25) is 4.79 Å². The molecule has 1 unspecified atom stereocenters. The molecule has 2 aliphatic carbocycles. The predicted octanol–water partition coefficient (Wildman–Crippen LogP) is 2.58. The van der Waals surface area contributed by atoms with E-state index in [0.29, 0.717) is 18.6 Å². The van der Waals surface area contributed by atoms with E-state index >= 15 is 0 Å². The second-order valence-electron chi connectivity index (χ2n) is 6.50. The van der Waals surface area contributed by atoms with Gasteiger partial charge in [0.05, 0.1) is 5.60 Å². The van der Waals surface area contributed by atoms with E-state index < -0.39 is 0 Å². The zero-order valence-corrected chi connectivity index (χ0v) is 12.9. The first-order valence-electron chi connectivity index (χ1n) is 7.66. The highest BCUT2D eigenvalue weighted by Crippen LogP contribution is 2.51. The number of Topliss-reactive ketones (excluding diaryl/α,β-unsaturated/α-hetero) is 1. The highest BCUT2D eigenvalue weighted by Gasteiger charge is 2.54. The van der Waals surface area contributed by atoms with E-state index in [2.05, 4.69) is 13.5 Å². The van der Waals surface area contributed by atoms with E-state index in [1.807, 2.05) is 13.8 Å². The van der Waals surface area contributed by atoms with Crippen molar-refractivity contribution in [3.05, 3.63) is 23.3 Å². The van der Waals surface area contributed by atoms with Crippen LogP contribution in [0.25, 0.3) is 0 Å². The zero-order chi connectivity index (χ0) is 15.4. The number of hydrogen-bond donors (Lipinski definition) is 0. The molecule has 0 amide bonds. The van der Waals surface area contributed by atoms with Gasteiger partial charge in [0.1, 0.15) is 6.10 Å². The minimum absolute atomic E-state index is 0.0126. The second-order valence-corrected chi connectivity index (χ2v) is 6.50. The first-order valence-corrected chi connectivity index (χ1v) is 7.66. The number of esters is 1. The lowest BCUT2D eigenvalue weighted by Gasteiger charge is -2.35. The Morgan fingerprint density at radius 2 is 2.14 bits per heavy atom. The van der Waals surface area contributed by atoms with Crippen LogP contribution in [0.2, 0.25) is 0 Å². The molecule has 114 valence electrons. The highest BCUT2D eigenvalue weighted by molar-refractivity contribution is 6.00. The van der Waals surface area contributed by atoms with Crippen LogP contribution in [0, 0.1) is 11.8 Å². The van der Waals surface area contributed by atoms with Gasteiger partial charge in [-0.05, 0) is 44.8 Å². The van der Waals surface area contributed by atoms with Crippen molar-refractivity contribution >= 4 is 11.8 Å². The molecule has 21 heavy (non-hydrogen) atoms. The van der Waals surface area contributed by atoms with Gasteiger partial charge >= 0.3 is 5.97 Å². The number of hydrogen-bond acceptors (Lipinski definition) is 4. The number of carbonyl (C=O) groups excluding carboxylic acids is 2. The summed E-state index contributed by atoms with van der Waals surface area (Å²) in [5, 5.41) is 0. The highest BCUT2D eigenvalue weighted by atomic mass is 16.6. The molecule has 1 saturated carbocycles. The molecule has 1 saturated heterocycles. The maximum Gasteiger partial charge on any atom is 0.334 e. The summed E-state index contributed by atoms with van der Waals surface area (Å²) in [5.41, 5.74) is 1.91. The number of fused-ring (bicyclic) bond motifs is 3. The molecule has 4 heteroatoms. The van der Waals surface area contributed by atoms with Crippen molar-refractivity contribution in [3.63, 3.8) is 0 Å². The van der Waals surface area contributed by atoms with Crippen LogP contribution in [0.15, 0.2) is 23.3 Å². The van der Waals surface area contributed by atoms with Crippen molar-refractivity contribution in [3.8, 4) is 0 Å². The average molecular weight is 290 g/mol. The molecule has 0 N–H and O–H groups in total. The fourth-order valence-electron chi connectivity index (χ4n) is 4.16. The summed E-state index contributed by atoms with van der Waals surface area (Å²) >= 11 is 0. The number of ketones is 1. The minimum Gasteiger partial charge on any atom is -0.454 e. The van der Waals surface area contributed by atoms with Gasteiger partial charge in [0.2, 0.25) is 0 Å². The molecule has 4 atom stereocenters. The monoisotopic (exact) mass is 290 g/mol. The van der Waals surface area contributed by atoms with Crippen molar-refractivity contribution in [2.24, 2.45) is 11.8 Å². The van der Waals surface area contributed by atoms with Gasteiger partial charge in [0.25, 0.3) is 0 Å². The van der Waals surface area contributed by atoms with Crippen molar-refractivity contribution < 1.29 is 19.1 Å². The third-order valence-electron chi connectivity index (χ3n) is 5.39. The van der Waals surface area contributed by atoms with E-state index in [1.54, 1.807) is 0 Å². The lowest BCUT2D eigenvalue weighted by molar-refractivity contribution is -0.138. The molecule has 4 nitrogen and oxygen atoms in total. The molecule has 1 heterocycles. The van der Waals surface area contributed by atoms with Crippen molar-refractivity contribution in [1.29, 1.82) is 0 Å². The molecule has 0 aromatic heterocycles. The first-order chi connectivity index (χ1) is 9.89. The normalized spacial score (nSPS) is 39.2. The Bertz CT molecular complexity index is 559. The molecule has 2 fully saturated rings. The Balaban J connectivity index is 2.08. The van der Waals surface area contributed by atoms with E-state index in [4.69, 9.17) is 9.47 Å². The Hall–Kier alpha value is -1.42. The summed E-state index contributed by atoms with van der Waals surface area (Å²) in [6.45, 7) is 10.4. The lowest BCUT2D eigenvalue weighted by atomic mass is 9.81. The summed E-state index contributed by atoms with van der Waals surface area (Å²) in [6.07, 6.45) is 1.77. The molecule has 0 radical (unpaired) electrons.